The van der Waals surface area contributed by atoms with Crippen molar-refractivity contribution >= 4 is 35.8 Å². The summed E-state index contributed by atoms with van der Waals surface area (Å²) in [5.41, 5.74) is 0. The molecule has 0 N–H and O–H groups in total. The van der Waals surface area contributed by atoms with E-state index in [4.69, 9.17) is 0 Å². The summed E-state index contributed by atoms with van der Waals surface area (Å²) in [6, 6.07) is 0. The Morgan fingerprint density at radius 1 is 0.291 bits per heavy atom. The van der Waals surface area contributed by atoms with Gasteiger partial charge in [0.2, 0.25) is 0 Å². The fraction of sp³-hybridized carbons (Fsp3) is 0.920. The van der Waals surface area contributed by atoms with Crippen molar-refractivity contribution in [2.75, 3.05) is 0 Å². The zero-order chi connectivity index (χ0) is 40.9. The Bertz CT molecular complexity index is 575. The van der Waals surface area contributed by atoms with E-state index in [0.717, 1.165) is 38.5 Å². The third-order valence-corrected chi connectivity index (χ3v) is 10.2. The molecule has 55 heavy (non-hydrogen) atoms. The van der Waals surface area contributed by atoms with Crippen molar-refractivity contribution in [3.63, 3.8) is 0 Å². The number of carboxylic acid groups (broad SMARTS) is 2. The maximum Gasteiger partial charge on any atom is 2.00 e. The van der Waals surface area contributed by atoms with Crippen molar-refractivity contribution in [3.05, 3.63) is 13.8 Å². The Balaban J connectivity index is -0.000000216. The van der Waals surface area contributed by atoms with Gasteiger partial charge in [-0.05, 0) is 25.7 Å². The van der Waals surface area contributed by atoms with E-state index >= 15 is 0 Å². The van der Waals surface area contributed by atoms with E-state index < -0.39 is 11.9 Å². The number of hydrogen-bond donors (Lipinski definition) is 0. The summed E-state index contributed by atoms with van der Waals surface area (Å²) in [4.78, 5) is 20.4. The van der Waals surface area contributed by atoms with Crippen LogP contribution in [0.25, 0.3) is 0 Å². The van der Waals surface area contributed by atoms with Gasteiger partial charge in [0.05, 0.1) is 0 Å². The van der Waals surface area contributed by atoms with Crippen LogP contribution in [0.15, 0.2) is 0 Å². The first kappa shape index (κ1) is 63.9. The normalized spacial score (nSPS) is 10.3. The van der Waals surface area contributed by atoms with Crippen LogP contribution in [-0.4, -0.2) is 35.8 Å². The number of rotatable bonds is 40. The smallest absolute Gasteiger partial charge is 0.550 e. The molecule has 0 bridgehead atoms. The van der Waals surface area contributed by atoms with Crippen LogP contribution < -0.4 is 10.2 Å². The molecule has 0 spiro atoms. The van der Waals surface area contributed by atoms with Gasteiger partial charge >= 0.3 is 23.9 Å². The molecule has 4 radical (unpaired) electrons. The molecule has 328 valence electrons. The summed E-state index contributed by atoms with van der Waals surface area (Å²) < 4.78 is 0. The molecule has 0 saturated carbocycles. The molecule has 0 aromatic carbocycles. The quantitative estimate of drug-likeness (QED) is 0.0453. The summed E-state index contributed by atoms with van der Waals surface area (Å²) in [7, 11) is 0. The van der Waals surface area contributed by atoms with Crippen LogP contribution in [0.1, 0.15) is 297 Å². The summed E-state index contributed by atoms with van der Waals surface area (Å²) in [5, 5.41) is 20.4. The maximum atomic E-state index is 10.2. The molecule has 0 atom stereocenters. The minimum Gasteiger partial charge on any atom is -0.550 e. The van der Waals surface area contributed by atoms with Gasteiger partial charge in [-0.2, -0.15) is 0 Å². The number of unbranched alkanes of at least 4 members (excludes halogenated alkanes) is 36. The fourth-order valence-electron chi connectivity index (χ4n) is 6.49. The summed E-state index contributed by atoms with van der Waals surface area (Å²) in [6.07, 6.45) is 52.7. The zero-order valence-corrected chi connectivity index (χ0v) is 41.1. The number of carbonyl (C=O) groups excluding carboxylic acids is 2. The van der Waals surface area contributed by atoms with Crippen molar-refractivity contribution < 1.29 is 19.8 Å². The first-order chi connectivity index (χ1) is 26.4. The van der Waals surface area contributed by atoms with Gasteiger partial charge in [-0.3, -0.25) is 0 Å². The molecule has 0 heterocycles. The van der Waals surface area contributed by atoms with Crippen molar-refractivity contribution in [1.82, 2.24) is 0 Å². The van der Waals surface area contributed by atoms with Crippen LogP contribution in [0.2, 0.25) is 0 Å². The van der Waals surface area contributed by atoms with Crippen molar-refractivity contribution in [3.8, 4) is 0 Å². The van der Waals surface area contributed by atoms with E-state index in [1.807, 2.05) is 0 Å². The van der Waals surface area contributed by atoms with E-state index in [9.17, 15) is 19.8 Å². The number of hydrogen-bond acceptors (Lipinski definition) is 4. The minimum absolute atomic E-state index is 0. The van der Waals surface area contributed by atoms with Crippen molar-refractivity contribution in [2.45, 2.75) is 297 Å². The molecule has 0 aliphatic rings. The molecule has 0 rings (SSSR count). The molecule has 4 nitrogen and oxygen atoms in total. The second kappa shape index (κ2) is 65.6. The zero-order valence-electron chi connectivity index (χ0n) is 38.2. The number of carbonyl (C=O) groups is 2. The van der Waals surface area contributed by atoms with Gasteiger partial charge in [0.1, 0.15) is 0 Å². The largest absolute Gasteiger partial charge is 2.00 e. The van der Waals surface area contributed by atoms with Crippen molar-refractivity contribution in [1.29, 1.82) is 0 Å². The van der Waals surface area contributed by atoms with E-state index in [2.05, 4.69) is 41.5 Å². The van der Waals surface area contributed by atoms with Crippen molar-refractivity contribution in [2.24, 2.45) is 0 Å². The maximum absolute atomic E-state index is 10.2. The minimum atomic E-state index is -0.904. The first-order valence-corrected chi connectivity index (χ1v) is 24.4. The Labute approximate surface area is 365 Å². The average Bonchev–Trinajstić information content (AvgIpc) is 3.16. The SMILES string of the molecule is CCCCCCCCCCCCCCCCC(=O)[O-].CCCCCCCCCCCCCCCCC(=O)[O-].[CH2]CCCCCCC.[CH2]CCCCCCC.[Sn+2]. The molecule has 0 fully saturated rings. The summed E-state index contributed by atoms with van der Waals surface area (Å²) in [5.74, 6) is -1.81. The Kier molecular flexibility index (Phi) is 76.2. The third kappa shape index (κ3) is 82.6. The number of carboxylic acids is 2. The monoisotopic (exact) mass is 885 g/mol. The fourth-order valence-corrected chi connectivity index (χ4v) is 6.49. The van der Waals surface area contributed by atoms with Crippen LogP contribution in [0.4, 0.5) is 0 Å². The second-order valence-electron chi connectivity index (χ2n) is 16.0. The topological polar surface area (TPSA) is 80.3 Å². The second-order valence-corrected chi connectivity index (χ2v) is 16.0. The van der Waals surface area contributed by atoms with Gasteiger partial charge in [0.15, 0.2) is 0 Å². The van der Waals surface area contributed by atoms with Gasteiger partial charge in [-0.25, -0.2) is 0 Å². The van der Waals surface area contributed by atoms with Gasteiger partial charge in [0, 0.05) is 11.9 Å². The molecule has 0 aliphatic heterocycles. The van der Waals surface area contributed by atoms with Gasteiger partial charge < -0.3 is 19.8 Å². The van der Waals surface area contributed by atoms with Crippen LogP contribution >= 0.6 is 0 Å². The first-order valence-electron chi connectivity index (χ1n) is 24.4. The van der Waals surface area contributed by atoms with Gasteiger partial charge in [0.25, 0.3) is 0 Å². The molecule has 0 aliphatic carbocycles. The van der Waals surface area contributed by atoms with E-state index in [1.165, 1.54) is 218 Å². The Morgan fingerprint density at radius 3 is 0.582 bits per heavy atom. The summed E-state index contributed by atoms with van der Waals surface area (Å²) >= 11 is 0. The number of aliphatic carboxylic acids is 2. The Hall–Kier alpha value is -0.261. The van der Waals surface area contributed by atoms with Crippen LogP contribution in [-0.2, 0) is 9.59 Å². The molecular formula is C50H100O4Sn. The van der Waals surface area contributed by atoms with E-state index in [1.54, 1.807) is 0 Å². The third-order valence-electron chi connectivity index (χ3n) is 10.2. The molecule has 0 unspecified atom stereocenters. The molecule has 5 heteroatoms. The van der Waals surface area contributed by atoms with Gasteiger partial charge in [-0.1, -0.05) is 286 Å². The predicted octanol–water partition coefficient (Wildman–Crippen LogP) is 15.2. The molecule has 0 saturated heterocycles. The van der Waals surface area contributed by atoms with Crippen LogP contribution in [0.3, 0.4) is 0 Å². The molecular weight excluding hydrogens is 783 g/mol. The molecule has 0 aromatic heterocycles. The van der Waals surface area contributed by atoms with Gasteiger partial charge in [-0.15, -0.1) is 0 Å². The van der Waals surface area contributed by atoms with E-state index in [0.29, 0.717) is 0 Å². The summed E-state index contributed by atoms with van der Waals surface area (Å²) in [6.45, 7) is 16.6. The Morgan fingerprint density at radius 2 is 0.436 bits per heavy atom. The predicted molar refractivity (Wildman–Crippen MR) is 243 cm³/mol. The van der Waals surface area contributed by atoms with Crippen LogP contribution in [0, 0.1) is 13.8 Å². The average molecular weight is 884 g/mol. The molecule has 0 amide bonds. The van der Waals surface area contributed by atoms with E-state index in [-0.39, 0.29) is 36.7 Å². The van der Waals surface area contributed by atoms with Crippen LogP contribution in [0.5, 0.6) is 0 Å². The standard InChI is InChI=1S/2C17H34O2.2C8H17.Sn/c2*1-2-3-4-5-6-7-8-9-10-11-12-13-14-15-16-17(18)19;2*1-3-5-7-8-6-4-2;/h2*2-16H2,1H3,(H,18,19);2*1,3-8H2,2H3;/q;;;;+2/p-2. The molecule has 0 aromatic rings.